The number of carbonyl (C=O) groups excluding carboxylic acids is 1. The first kappa shape index (κ1) is 16.7. The Morgan fingerprint density at radius 3 is 2.79 bits per heavy atom. The van der Waals surface area contributed by atoms with Crippen LogP contribution in [0.15, 0.2) is 50.3 Å². The number of H-pyrrole nitrogens is 1. The first-order valence-electron chi connectivity index (χ1n) is 6.89. The maximum Gasteiger partial charge on any atom is 0.265 e. The van der Waals surface area contributed by atoms with Crippen LogP contribution in [0.1, 0.15) is 16.1 Å². The van der Waals surface area contributed by atoms with Gasteiger partial charge >= 0.3 is 0 Å². The van der Waals surface area contributed by atoms with Gasteiger partial charge < -0.3 is 15.4 Å². The topological polar surface area (TPSA) is 95.1 Å². The van der Waals surface area contributed by atoms with E-state index in [0.29, 0.717) is 25.5 Å². The molecule has 3 aromatic rings. The van der Waals surface area contributed by atoms with E-state index in [2.05, 4.69) is 47.1 Å². The Morgan fingerprint density at radius 1 is 1.29 bits per heavy atom. The van der Waals surface area contributed by atoms with E-state index in [4.69, 9.17) is 0 Å². The van der Waals surface area contributed by atoms with Crippen molar-refractivity contribution in [1.82, 2.24) is 15.3 Å². The van der Waals surface area contributed by atoms with Crippen LogP contribution in [0.3, 0.4) is 0 Å². The van der Waals surface area contributed by atoms with Crippen LogP contribution in [-0.2, 0) is 6.54 Å². The minimum Gasteiger partial charge on any atom is -0.506 e. The SMILES string of the molecule is O=C(NCc1ccccn1)c1c(O)c2cc(Br)cc(Br)c2[nH]c1=O. The Bertz CT molecular complexity index is 987. The summed E-state index contributed by atoms with van der Waals surface area (Å²) in [6.45, 7) is 0.152. The highest BCUT2D eigenvalue weighted by molar-refractivity contribution is 9.11. The van der Waals surface area contributed by atoms with Gasteiger partial charge in [0.2, 0.25) is 0 Å². The number of amides is 1. The van der Waals surface area contributed by atoms with Gasteiger partial charge in [-0.05, 0) is 40.2 Å². The highest BCUT2D eigenvalue weighted by atomic mass is 79.9. The van der Waals surface area contributed by atoms with Gasteiger partial charge in [-0.3, -0.25) is 14.6 Å². The maximum atomic E-state index is 12.3. The van der Waals surface area contributed by atoms with Crippen LogP contribution in [0.2, 0.25) is 0 Å². The van der Waals surface area contributed by atoms with Gasteiger partial charge in [-0.1, -0.05) is 22.0 Å². The van der Waals surface area contributed by atoms with Crippen LogP contribution >= 0.6 is 31.9 Å². The van der Waals surface area contributed by atoms with Crippen LogP contribution in [0.5, 0.6) is 5.75 Å². The predicted molar refractivity (Wildman–Crippen MR) is 97.0 cm³/mol. The summed E-state index contributed by atoms with van der Waals surface area (Å²) in [6, 6.07) is 8.67. The summed E-state index contributed by atoms with van der Waals surface area (Å²) in [4.78, 5) is 31.3. The van der Waals surface area contributed by atoms with E-state index < -0.39 is 11.5 Å². The molecular weight excluding hydrogens is 442 g/mol. The molecule has 0 aliphatic heterocycles. The molecule has 0 unspecified atom stereocenters. The molecule has 0 aliphatic rings. The van der Waals surface area contributed by atoms with Crippen molar-refractivity contribution >= 4 is 48.7 Å². The van der Waals surface area contributed by atoms with Crippen molar-refractivity contribution in [3.05, 3.63) is 67.1 Å². The van der Waals surface area contributed by atoms with E-state index in [1.807, 2.05) is 0 Å². The lowest BCUT2D eigenvalue weighted by Crippen LogP contribution is -2.29. The normalized spacial score (nSPS) is 10.8. The van der Waals surface area contributed by atoms with E-state index in [1.165, 1.54) is 0 Å². The number of aromatic amines is 1. The fourth-order valence-corrected chi connectivity index (χ4v) is 3.60. The van der Waals surface area contributed by atoms with Crippen LogP contribution in [-0.4, -0.2) is 21.0 Å². The van der Waals surface area contributed by atoms with Gasteiger partial charge in [0.1, 0.15) is 11.3 Å². The minimum absolute atomic E-state index is 0.152. The Labute approximate surface area is 153 Å². The maximum absolute atomic E-state index is 12.3. The van der Waals surface area contributed by atoms with Crippen molar-refractivity contribution in [1.29, 1.82) is 0 Å². The Morgan fingerprint density at radius 2 is 2.08 bits per heavy atom. The number of nitrogens with zero attached hydrogens (tertiary/aromatic N) is 1. The molecular formula is C16H11Br2N3O3. The molecule has 0 fully saturated rings. The van der Waals surface area contributed by atoms with E-state index in [1.54, 1.807) is 36.5 Å². The zero-order chi connectivity index (χ0) is 17.3. The smallest absolute Gasteiger partial charge is 0.265 e. The molecule has 0 bridgehead atoms. The first-order valence-corrected chi connectivity index (χ1v) is 8.48. The second kappa shape index (κ2) is 6.74. The lowest BCUT2D eigenvalue weighted by Gasteiger charge is -2.09. The van der Waals surface area contributed by atoms with Gasteiger partial charge in [0.05, 0.1) is 17.8 Å². The molecule has 0 spiro atoms. The summed E-state index contributed by atoms with van der Waals surface area (Å²) in [5, 5.41) is 13.4. The zero-order valence-corrected chi connectivity index (χ0v) is 15.3. The van der Waals surface area contributed by atoms with Gasteiger partial charge in [-0.15, -0.1) is 0 Å². The van der Waals surface area contributed by atoms with Crippen molar-refractivity contribution in [3.63, 3.8) is 0 Å². The summed E-state index contributed by atoms with van der Waals surface area (Å²) in [5.74, 6) is -1.04. The summed E-state index contributed by atoms with van der Waals surface area (Å²) < 4.78 is 1.30. The molecule has 3 rings (SSSR count). The largest absolute Gasteiger partial charge is 0.506 e. The molecule has 3 N–H and O–H groups in total. The molecule has 122 valence electrons. The monoisotopic (exact) mass is 451 g/mol. The molecule has 8 heteroatoms. The van der Waals surface area contributed by atoms with Gasteiger partial charge in [0.15, 0.2) is 0 Å². The van der Waals surface area contributed by atoms with Gasteiger partial charge in [0, 0.05) is 20.5 Å². The third-order valence-corrected chi connectivity index (χ3v) is 4.48. The highest BCUT2D eigenvalue weighted by Gasteiger charge is 2.20. The van der Waals surface area contributed by atoms with Gasteiger partial charge in [-0.2, -0.15) is 0 Å². The fourth-order valence-electron chi connectivity index (χ4n) is 2.28. The summed E-state index contributed by atoms with van der Waals surface area (Å²) in [7, 11) is 0. The zero-order valence-electron chi connectivity index (χ0n) is 12.1. The molecule has 6 nitrogen and oxygen atoms in total. The Balaban J connectivity index is 2.00. The Kier molecular flexibility index (Phi) is 4.68. The van der Waals surface area contributed by atoms with E-state index in [0.717, 1.165) is 0 Å². The number of fused-ring (bicyclic) bond motifs is 1. The molecule has 2 heterocycles. The number of benzene rings is 1. The van der Waals surface area contributed by atoms with Crippen molar-refractivity contribution in [2.45, 2.75) is 6.54 Å². The number of rotatable bonds is 3. The quantitative estimate of drug-likeness (QED) is 0.569. The number of aromatic hydroxyl groups is 1. The summed E-state index contributed by atoms with van der Waals surface area (Å²) in [5.41, 5.74) is 0.0694. The molecule has 1 aromatic carbocycles. The van der Waals surface area contributed by atoms with Crippen LogP contribution < -0.4 is 10.9 Å². The molecule has 0 atom stereocenters. The molecule has 0 aliphatic carbocycles. The van der Waals surface area contributed by atoms with Crippen LogP contribution in [0.4, 0.5) is 0 Å². The van der Waals surface area contributed by atoms with Crippen molar-refractivity contribution in [2.24, 2.45) is 0 Å². The van der Waals surface area contributed by atoms with E-state index in [9.17, 15) is 14.7 Å². The number of aromatic nitrogens is 2. The van der Waals surface area contributed by atoms with Crippen molar-refractivity contribution in [2.75, 3.05) is 0 Å². The van der Waals surface area contributed by atoms with Crippen molar-refractivity contribution in [3.8, 4) is 5.75 Å². The second-order valence-corrected chi connectivity index (χ2v) is 6.76. The number of nitrogens with one attached hydrogen (secondary N) is 2. The highest BCUT2D eigenvalue weighted by Crippen LogP contribution is 2.32. The average molecular weight is 453 g/mol. The minimum atomic E-state index is -0.669. The Hall–Kier alpha value is -2.19. The standard InChI is InChI=1S/C16H11Br2N3O3/c17-8-5-10-13(11(18)6-8)21-16(24)12(14(10)22)15(23)20-7-9-3-1-2-4-19-9/h1-6H,7H2,(H,20,23)(H2,21,22,24). The molecule has 2 aromatic heterocycles. The van der Waals surface area contributed by atoms with Crippen molar-refractivity contribution < 1.29 is 9.90 Å². The molecule has 1 amide bonds. The third-order valence-electron chi connectivity index (χ3n) is 3.40. The number of pyridine rings is 2. The van der Waals surface area contributed by atoms with E-state index >= 15 is 0 Å². The second-order valence-electron chi connectivity index (χ2n) is 4.99. The average Bonchev–Trinajstić information content (AvgIpc) is 2.55. The fraction of sp³-hybridized carbons (Fsp3) is 0.0625. The number of halogens is 2. The molecule has 0 saturated carbocycles. The third kappa shape index (κ3) is 3.20. The van der Waals surface area contributed by atoms with Gasteiger partial charge in [-0.25, -0.2) is 0 Å². The lowest BCUT2D eigenvalue weighted by molar-refractivity contribution is 0.0946. The number of hydrogen-bond donors (Lipinski definition) is 3. The predicted octanol–water partition coefficient (Wildman–Crippen LogP) is 3.08. The number of carbonyl (C=O) groups is 1. The summed E-state index contributed by atoms with van der Waals surface area (Å²) >= 11 is 6.64. The molecule has 0 saturated heterocycles. The van der Waals surface area contributed by atoms with Crippen LogP contribution in [0.25, 0.3) is 10.9 Å². The summed E-state index contributed by atoms with van der Waals surface area (Å²) in [6.07, 6.45) is 1.61. The molecule has 24 heavy (non-hydrogen) atoms. The lowest BCUT2D eigenvalue weighted by atomic mass is 10.1. The first-order chi connectivity index (χ1) is 11.5. The van der Waals surface area contributed by atoms with Gasteiger partial charge in [0.25, 0.3) is 11.5 Å². The molecule has 0 radical (unpaired) electrons. The van der Waals surface area contributed by atoms with Crippen LogP contribution in [0, 0.1) is 0 Å². The van der Waals surface area contributed by atoms with E-state index in [-0.39, 0.29) is 17.9 Å². The number of hydrogen-bond acceptors (Lipinski definition) is 4.